The van der Waals surface area contributed by atoms with Crippen LogP contribution < -0.4 is 15.8 Å². The summed E-state index contributed by atoms with van der Waals surface area (Å²) in [5.41, 5.74) is 7.46. The Hall–Kier alpha value is -2.09. The average molecular weight is 391 g/mol. The zero-order valence-electron chi connectivity index (χ0n) is 17.2. The molecule has 1 atom stereocenters. The van der Waals surface area contributed by atoms with Crippen molar-refractivity contribution < 1.29 is 9.47 Å². The minimum atomic E-state index is 0.387. The van der Waals surface area contributed by atoms with Crippen molar-refractivity contribution in [3.05, 3.63) is 0 Å². The van der Waals surface area contributed by atoms with Crippen LogP contribution >= 0.6 is 0 Å². The normalized spacial score (nSPS) is 16.7. The third-order valence-electron chi connectivity index (χ3n) is 5.26. The van der Waals surface area contributed by atoms with Gasteiger partial charge in [-0.15, -0.1) is 0 Å². The first-order valence-corrected chi connectivity index (χ1v) is 10.7. The Kier molecular flexibility index (Phi) is 7.71. The van der Waals surface area contributed by atoms with Crippen LogP contribution in [0.4, 0.5) is 11.8 Å². The van der Waals surface area contributed by atoms with Crippen molar-refractivity contribution in [3.63, 3.8) is 0 Å². The Labute approximate surface area is 167 Å². The second kappa shape index (κ2) is 10.5. The van der Waals surface area contributed by atoms with E-state index in [9.17, 15) is 0 Å². The monoisotopic (exact) mass is 390 g/mol. The molecule has 2 aromatic rings. The minimum absolute atomic E-state index is 0.387. The maximum absolute atomic E-state index is 6.12. The summed E-state index contributed by atoms with van der Waals surface area (Å²) in [4.78, 5) is 13.5. The number of nitrogens with two attached hydrogens (primary N) is 1. The molecule has 8 nitrogen and oxygen atoms in total. The number of hydrogen-bond donors (Lipinski definition) is 2. The van der Waals surface area contributed by atoms with E-state index in [-0.39, 0.29) is 0 Å². The molecule has 0 radical (unpaired) electrons. The number of unbranched alkanes of at least 4 members (excludes halogenated alkanes) is 4. The lowest BCUT2D eigenvalue weighted by molar-refractivity contribution is 0.102. The van der Waals surface area contributed by atoms with E-state index in [1.54, 1.807) is 7.11 Å². The summed E-state index contributed by atoms with van der Waals surface area (Å²) in [6, 6.07) is 0.543. The first kappa shape index (κ1) is 20.6. The topological polar surface area (TPSA) is 100 Å². The molecule has 28 heavy (non-hydrogen) atoms. The van der Waals surface area contributed by atoms with Gasteiger partial charge in [-0.1, -0.05) is 32.6 Å². The molecule has 1 aliphatic heterocycles. The smallest absolute Gasteiger partial charge is 0.298 e. The van der Waals surface area contributed by atoms with Crippen LogP contribution in [-0.2, 0) is 11.3 Å². The van der Waals surface area contributed by atoms with Gasteiger partial charge in [0.05, 0.1) is 13.2 Å². The second-order valence-electron chi connectivity index (χ2n) is 7.47. The fraction of sp³-hybridized carbons (Fsp3) is 0.750. The number of hydrogen-bond acceptors (Lipinski definition) is 7. The lowest BCUT2D eigenvalue weighted by atomic mass is 10.1. The molecule has 0 saturated carbocycles. The summed E-state index contributed by atoms with van der Waals surface area (Å²) < 4.78 is 13.2. The fourth-order valence-electron chi connectivity index (χ4n) is 3.68. The highest BCUT2D eigenvalue weighted by Crippen LogP contribution is 2.25. The zero-order valence-corrected chi connectivity index (χ0v) is 17.2. The fourth-order valence-corrected chi connectivity index (χ4v) is 3.68. The summed E-state index contributed by atoms with van der Waals surface area (Å²) in [7, 11) is 1.63. The van der Waals surface area contributed by atoms with Crippen molar-refractivity contribution >= 4 is 22.9 Å². The number of nitrogens with one attached hydrogen (secondary N) is 1. The van der Waals surface area contributed by atoms with Gasteiger partial charge < -0.3 is 20.5 Å². The van der Waals surface area contributed by atoms with Crippen LogP contribution in [0.2, 0.25) is 0 Å². The molecule has 0 spiro atoms. The van der Waals surface area contributed by atoms with Crippen LogP contribution in [0.5, 0.6) is 6.01 Å². The first-order chi connectivity index (χ1) is 13.7. The Morgan fingerprint density at radius 2 is 2.04 bits per heavy atom. The zero-order chi connectivity index (χ0) is 19.8. The molecule has 156 valence electrons. The number of rotatable bonds is 12. The van der Waals surface area contributed by atoms with Crippen LogP contribution in [0.25, 0.3) is 11.2 Å². The molecule has 1 aliphatic rings. The van der Waals surface area contributed by atoms with Gasteiger partial charge in [-0.3, -0.25) is 4.57 Å². The summed E-state index contributed by atoms with van der Waals surface area (Å²) >= 11 is 0. The van der Waals surface area contributed by atoms with Crippen LogP contribution in [-0.4, -0.2) is 45.9 Å². The van der Waals surface area contributed by atoms with E-state index in [2.05, 4.69) is 27.2 Å². The second-order valence-corrected chi connectivity index (χ2v) is 7.47. The quantitative estimate of drug-likeness (QED) is 0.532. The van der Waals surface area contributed by atoms with Crippen molar-refractivity contribution in [1.82, 2.24) is 19.5 Å². The maximum atomic E-state index is 6.12. The number of fused-ring (bicyclic) bond motifs is 1. The Morgan fingerprint density at radius 3 is 2.79 bits per heavy atom. The van der Waals surface area contributed by atoms with Crippen LogP contribution in [0.1, 0.15) is 64.7 Å². The minimum Gasteiger partial charge on any atom is -0.468 e. The SMILES string of the molecule is CCCCNc1nc(N)c2nc(OC)n(CCCCCCC3CCCO3)c2n1. The van der Waals surface area contributed by atoms with E-state index in [1.807, 2.05) is 4.57 Å². The van der Waals surface area contributed by atoms with E-state index in [0.717, 1.165) is 51.0 Å². The standard InChI is InChI=1S/C20H34N6O2/c1-3-4-12-22-19-24-17(21)16-18(25-19)26(20(23-16)27-2)13-8-6-5-7-10-15-11-9-14-28-15/h15H,3-14H2,1-2H3,(H3,21,22,24,25). The predicted octanol–water partition coefficient (Wildman–Crippen LogP) is 3.76. The molecule has 8 heteroatoms. The van der Waals surface area contributed by atoms with Gasteiger partial charge in [0, 0.05) is 19.7 Å². The van der Waals surface area contributed by atoms with Crippen LogP contribution in [0.15, 0.2) is 0 Å². The third-order valence-corrected chi connectivity index (χ3v) is 5.26. The van der Waals surface area contributed by atoms with Gasteiger partial charge >= 0.3 is 0 Å². The molecule has 1 saturated heterocycles. The molecule has 3 rings (SSSR count). The van der Waals surface area contributed by atoms with Gasteiger partial charge in [0.25, 0.3) is 6.01 Å². The molecule has 3 N–H and O–H groups in total. The van der Waals surface area contributed by atoms with Gasteiger partial charge in [-0.25, -0.2) is 0 Å². The molecule has 0 amide bonds. The van der Waals surface area contributed by atoms with E-state index in [1.165, 1.54) is 32.1 Å². The summed E-state index contributed by atoms with van der Waals surface area (Å²) in [6.45, 7) is 4.74. The van der Waals surface area contributed by atoms with Gasteiger partial charge in [0.2, 0.25) is 5.95 Å². The molecule has 2 aromatic heterocycles. The highest BCUT2D eigenvalue weighted by molar-refractivity contribution is 5.84. The highest BCUT2D eigenvalue weighted by Gasteiger charge is 2.17. The lowest BCUT2D eigenvalue weighted by Gasteiger charge is -2.10. The third kappa shape index (κ3) is 5.25. The lowest BCUT2D eigenvalue weighted by Crippen LogP contribution is -2.09. The van der Waals surface area contributed by atoms with Gasteiger partial charge in [-0.05, 0) is 32.1 Å². The predicted molar refractivity (Wildman–Crippen MR) is 112 cm³/mol. The number of ether oxygens (including phenoxy) is 2. The number of nitrogen functional groups attached to an aromatic ring is 1. The highest BCUT2D eigenvalue weighted by atomic mass is 16.5. The van der Waals surface area contributed by atoms with E-state index >= 15 is 0 Å². The Bertz CT molecular complexity index is 742. The van der Waals surface area contributed by atoms with Crippen molar-refractivity contribution in [2.75, 3.05) is 31.3 Å². The number of anilines is 2. The van der Waals surface area contributed by atoms with Crippen molar-refractivity contribution in [3.8, 4) is 6.01 Å². The van der Waals surface area contributed by atoms with Crippen LogP contribution in [0, 0.1) is 0 Å². The van der Waals surface area contributed by atoms with E-state index in [4.69, 9.17) is 15.2 Å². The van der Waals surface area contributed by atoms with E-state index in [0.29, 0.717) is 29.4 Å². The molecular weight excluding hydrogens is 356 g/mol. The Balaban J connectivity index is 1.58. The summed E-state index contributed by atoms with van der Waals surface area (Å²) in [5.74, 6) is 0.941. The molecular formula is C20H34N6O2. The largest absolute Gasteiger partial charge is 0.468 e. The van der Waals surface area contributed by atoms with Crippen LogP contribution in [0.3, 0.4) is 0 Å². The number of nitrogens with zero attached hydrogens (tertiary/aromatic N) is 4. The van der Waals surface area contributed by atoms with Crippen molar-refractivity contribution in [1.29, 1.82) is 0 Å². The van der Waals surface area contributed by atoms with Gasteiger partial charge in [0.15, 0.2) is 17.0 Å². The van der Waals surface area contributed by atoms with Gasteiger partial charge in [0.1, 0.15) is 0 Å². The molecule has 0 bridgehead atoms. The molecule has 0 aromatic carbocycles. The molecule has 1 fully saturated rings. The number of methoxy groups -OCH3 is 1. The maximum Gasteiger partial charge on any atom is 0.298 e. The first-order valence-electron chi connectivity index (χ1n) is 10.7. The summed E-state index contributed by atoms with van der Waals surface area (Å²) in [6.07, 6.45) is 11.0. The molecule has 3 heterocycles. The molecule has 0 aliphatic carbocycles. The van der Waals surface area contributed by atoms with Crippen molar-refractivity contribution in [2.45, 2.75) is 77.4 Å². The van der Waals surface area contributed by atoms with E-state index < -0.39 is 0 Å². The summed E-state index contributed by atoms with van der Waals surface area (Å²) in [5, 5.41) is 3.25. The van der Waals surface area contributed by atoms with Crippen molar-refractivity contribution in [2.24, 2.45) is 0 Å². The number of aryl methyl sites for hydroxylation is 1. The number of aromatic nitrogens is 4. The average Bonchev–Trinajstić information content (AvgIpc) is 3.33. The van der Waals surface area contributed by atoms with Gasteiger partial charge in [-0.2, -0.15) is 15.0 Å². The Morgan fingerprint density at radius 1 is 1.18 bits per heavy atom. The number of imidazole rings is 1. The molecule has 1 unspecified atom stereocenters.